The number of benzene rings is 3. The van der Waals surface area contributed by atoms with Crippen LogP contribution in [-0.2, 0) is 0 Å². The first-order valence-electron chi connectivity index (χ1n) is 12.8. The highest BCUT2D eigenvalue weighted by Gasteiger charge is 2.25. The van der Waals surface area contributed by atoms with Gasteiger partial charge in [0.15, 0.2) is 17.2 Å². The molecule has 10 heteroatoms. The van der Waals surface area contributed by atoms with Gasteiger partial charge in [0, 0.05) is 29.2 Å². The number of fused-ring (bicyclic) bond motifs is 1. The number of hydrogen-bond donors (Lipinski definition) is 2. The summed E-state index contributed by atoms with van der Waals surface area (Å²) < 4.78 is 12.6. The van der Waals surface area contributed by atoms with Crippen LogP contribution in [0.4, 0.5) is 5.82 Å². The third kappa shape index (κ3) is 5.77. The van der Waals surface area contributed by atoms with Gasteiger partial charge >= 0.3 is 0 Å². The lowest BCUT2D eigenvalue weighted by molar-refractivity contribution is 0.0951. The molecule has 0 saturated carbocycles. The minimum absolute atomic E-state index is 0.0516. The fourth-order valence-electron chi connectivity index (χ4n) is 4.24. The van der Waals surface area contributed by atoms with Crippen LogP contribution in [0.25, 0.3) is 5.69 Å². The normalized spacial score (nSPS) is 11.9. The second kappa shape index (κ2) is 11.9. The molecule has 4 aromatic rings. The topological polar surface area (TPSA) is 118 Å². The molecule has 9 nitrogen and oxygen atoms in total. The maximum absolute atomic E-state index is 13.3. The lowest BCUT2D eigenvalue weighted by Crippen LogP contribution is -2.26. The number of aryl methyl sites for hydroxylation is 1. The van der Waals surface area contributed by atoms with Crippen LogP contribution in [0, 0.1) is 18.3 Å². The number of carbonyl (C=O) groups is 2. The van der Waals surface area contributed by atoms with Gasteiger partial charge in [0.25, 0.3) is 5.91 Å². The van der Waals surface area contributed by atoms with Crippen molar-refractivity contribution in [3.8, 4) is 23.3 Å². The van der Waals surface area contributed by atoms with E-state index in [1.165, 1.54) is 4.68 Å². The average Bonchev–Trinajstić information content (AvgIpc) is 3.35. The van der Waals surface area contributed by atoms with Crippen LogP contribution in [-0.4, -0.2) is 47.8 Å². The lowest BCUT2D eigenvalue weighted by atomic mass is 10.0. The average molecular weight is 556 g/mol. The van der Waals surface area contributed by atoms with E-state index in [4.69, 9.17) is 21.1 Å². The van der Waals surface area contributed by atoms with Gasteiger partial charge in [0.2, 0.25) is 5.78 Å². The summed E-state index contributed by atoms with van der Waals surface area (Å²) in [5.74, 6) is 0.984. The summed E-state index contributed by atoms with van der Waals surface area (Å²) in [5.41, 5.74) is 2.77. The third-order valence-corrected chi connectivity index (χ3v) is 6.59. The Morgan fingerprint density at radius 3 is 2.40 bits per heavy atom. The summed E-state index contributed by atoms with van der Waals surface area (Å²) in [7, 11) is 0. The standard InChI is InChI=1S/C30H26ClN5O4/c1-19-3-5-20(6-4-19)28(37)27-24(18-32)29(36(35-27)23-10-8-22(31)9-11-23)33-13-2-14-34-30(38)21-7-12-25-26(17-21)40-16-15-39-25/h3-12,17,33H,2,13-16H2,1H3,(H,34,38). The van der Waals surface area contributed by atoms with Gasteiger partial charge in [-0.3, -0.25) is 9.59 Å². The van der Waals surface area contributed by atoms with Crippen molar-refractivity contribution in [1.29, 1.82) is 5.26 Å². The van der Waals surface area contributed by atoms with E-state index in [-0.39, 0.29) is 22.9 Å². The zero-order valence-corrected chi connectivity index (χ0v) is 22.5. The molecule has 1 aromatic heterocycles. The van der Waals surface area contributed by atoms with Crippen LogP contribution in [0.1, 0.15) is 44.0 Å². The molecular weight excluding hydrogens is 530 g/mol. The number of nitriles is 1. The van der Waals surface area contributed by atoms with E-state index < -0.39 is 0 Å². The van der Waals surface area contributed by atoms with Crippen molar-refractivity contribution < 1.29 is 19.1 Å². The van der Waals surface area contributed by atoms with Gasteiger partial charge in [-0.25, -0.2) is 4.68 Å². The smallest absolute Gasteiger partial charge is 0.251 e. The molecule has 0 aliphatic carbocycles. The molecule has 40 heavy (non-hydrogen) atoms. The van der Waals surface area contributed by atoms with E-state index in [9.17, 15) is 14.9 Å². The number of carbonyl (C=O) groups excluding carboxylic acids is 2. The van der Waals surface area contributed by atoms with E-state index in [0.717, 1.165) is 5.56 Å². The monoisotopic (exact) mass is 555 g/mol. The molecule has 0 radical (unpaired) electrons. The van der Waals surface area contributed by atoms with Crippen LogP contribution in [0.15, 0.2) is 66.7 Å². The Bertz CT molecular complexity index is 1590. The number of anilines is 1. The molecular formula is C30H26ClN5O4. The quantitative estimate of drug-likeness (QED) is 0.222. The van der Waals surface area contributed by atoms with E-state index in [1.54, 1.807) is 54.6 Å². The molecule has 0 fully saturated rings. The number of ketones is 1. The van der Waals surface area contributed by atoms with Crippen LogP contribution in [0.5, 0.6) is 11.5 Å². The number of rotatable bonds is 9. The number of amides is 1. The molecule has 1 aliphatic rings. The van der Waals surface area contributed by atoms with Crippen molar-refractivity contribution >= 4 is 29.1 Å². The van der Waals surface area contributed by atoms with Crippen molar-refractivity contribution in [3.63, 3.8) is 0 Å². The Hall–Kier alpha value is -4.81. The summed E-state index contributed by atoms with van der Waals surface area (Å²) in [6.07, 6.45) is 0.550. The van der Waals surface area contributed by atoms with Gasteiger partial charge in [-0.15, -0.1) is 0 Å². The van der Waals surface area contributed by atoms with E-state index >= 15 is 0 Å². The Morgan fingerprint density at radius 2 is 1.68 bits per heavy atom. The third-order valence-electron chi connectivity index (χ3n) is 6.33. The number of halogens is 1. The predicted molar refractivity (Wildman–Crippen MR) is 151 cm³/mol. The van der Waals surface area contributed by atoms with Gasteiger partial charge in [-0.05, 0) is 55.8 Å². The molecule has 202 valence electrons. The highest BCUT2D eigenvalue weighted by atomic mass is 35.5. The molecule has 0 bridgehead atoms. The fourth-order valence-corrected chi connectivity index (χ4v) is 4.37. The van der Waals surface area contributed by atoms with Gasteiger partial charge in [0.1, 0.15) is 30.7 Å². The zero-order valence-electron chi connectivity index (χ0n) is 21.7. The fraction of sp³-hybridized carbons (Fsp3) is 0.200. The van der Waals surface area contributed by atoms with Gasteiger partial charge in [-0.2, -0.15) is 10.4 Å². The summed E-state index contributed by atoms with van der Waals surface area (Å²) in [6.45, 7) is 3.65. The molecule has 1 aliphatic heterocycles. The Balaban J connectivity index is 1.30. The molecule has 5 rings (SSSR count). The van der Waals surface area contributed by atoms with Crippen molar-refractivity contribution in [3.05, 3.63) is 99.7 Å². The first-order chi connectivity index (χ1) is 19.4. The number of aromatic nitrogens is 2. The Morgan fingerprint density at radius 1 is 0.975 bits per heavy atom. The minimum Gasteiger partial charge on any atom is -0.486 e. The largest absolute Gasteiger partial charge is 0.486 e. The molecule has 0 atom stereocenters. The molecule has 0 saturated heterocycles. The highest BCUT2D eigenvalue weighted by molar-refractivity contribution is 6.30. The molecule has 3 aromatic carbocycles. The second-order valence-corrected chi connectivity index (χ2v) is 9.60. The van der Waals surface area contributed by atoms with Crippen LogP contribution in [0.3, 0.4) is 0 Å². The van der Waals surface area contributed by atoms with Crippen molar-refractivity contribution in [1.82, 2.24) is 15.1 Å². The molecule has 2 N–H and O–H groups in total. The molecule has 1 amide bonds. The Labute approximate surface area is 236 Å². The second-order valence-electron chi connectivity index (χ2n) is 9.16. The first-order valence-corrected chi connectivity index (χ1v) is 13.1. The van der Waals surface area contributed by atoms with E-state index in [1.807, 2.05) is 19.1 Å². The van der Waals surface area contributed by atoms with Crippen LogP contribution in [0.2, 0.25) is 5.02 Å². The summed E-state index contributed by atoms with van der Waals surface area (Å²) in [4.78, 5) is 26.0. The van der Waals surface area contributed by atoms with Gasteiger partial charge < -0.3 is 20.1 Å². The maximum atomic E-state index is 13.3. The number of ether oxygens (including phenoxy) is 2. The summed E-state index contributed by atoms with van der Waals surface area (Å²) in [6, 6.07) is 21.3. The van der Waals surface area contributed by atoms with Crippen molar-refractivity contribution in [2.45, 2.75) is 13.3 Å². The maximum Gasteiger partial charge on any atom is 0.251 e. The van der Waals surface area contributed by atoms with Crippen LogP contribution < -0.4 is 20.1 Å². The predicted octanol–water partition coefficient (Wildman–Crippen LogP) is 4.94. The zero-order chi connectivity index (χ0) is 28.1. The molecule has 0 unspecified atom stereocenters. The molecule has 2 heterocycles. The number of nitrogens with one attached hydrogen (secondary N) is 2. The summed E-state index contributed by atoms with van der Waals surface area (Å²) in [5, 5.41) is 21.2. The van der Waals surface area contributed by atoms with Crippen LogP contribution >= 0.6 is 11.6 Å². The highest BCUT2D eigenvalue weighted by Crippen LogP contribution is 2.31. The first kappa shape index (κ1) is 26.8. The SMILES string of the molecule is Cc1ccc(C(=O)c2nn(-c3ccc(Cl)cc3)c(NCCCNC(=O)c3ccc4c(c3)OCCO4)c2C#N)cc1. The Kier molecular flexibility index (Phi) is 7.99. The lowest BCUT2D eigenvalue weighted by Gasteiger charge is -2.18. The van der Waals surface area contributed by atoms with Gasteiger partial charge in [0.05, 0.1) is 5.69 Å². The van der Waals surface area contributed by atoms with E-state index in [2.05, 4.69) is 21.8 Å². The van der Waals surface area contributed by atoms with Gasteiger partial charge in [-0.1, -0.05) is 41.4 Å². The summed E-state index contributed by atoms with van der Waals surface area (Å²) >= 11 is 6.07. The number of hydrogen-bond acceptors (Lipinski definition) is 7. The van der Waals surface area contributed by atoms with Crippen molar-refractivity contribution in [2.75, 3.05) is 31.6 Å². The minimum atomic E-state index is -0.348. The molecule has 0 spiro atoms. The van der Waals surface area contributed by atoms with E-state index in [0.29, 0.717) is 71.9 Å². The number of nitrogens with zero attached hydrogens (tertiary/aromatic N) is 3. The van der Waals surface area contributed by atoms with Crippen molar-refractivity contribution in [2.24, 2.45) is 0 Å².